The van der Waals surface area contributed by atoms with Crippen molar-refractivity contribution in [3.05, 3.63) is 46.4 Å². The summed E-state index contributed by atoms with van der Waals surface area (Å²) in [7, 11) is -1.54. The van der Waals surface area contributed by atoms with E-state index in [9.17, 15) is 8.42 Å². The van der Waals surface area contributed by atoms with E-state index in [-0.39, 0.29) is 6.54 Å². The lowest BCUT2D eigenvalue weighted by Gasteiger charge is -2.07. The van der Waals surface area contributed by atoms with Crippen LogP contribution in [0, 0.1) is 0 Å². The molecule has 0 saturated carbocycles. The van der Waals surface area contributed by atoms with Crippen LogP contribution in [-0.2, 0) is 23.0 Å². The molecule has 0 bridgehead atoms. The Hall–Kier alpha value is -1.28. The van der Waals surface area contributed by atoms with Gasteiger partial charge in [0.25, 0.3) is 0 Å². The molecule has 0 fully saturated rings. The van der Waals surface area contributed by atoms with Gasteiger partial charge < -0.3 is 5.32 Å². The summed E-state index contributed by atoms with van der Waals surface area (Å²) in [4.78, 5) is 5.11. The molecule has 114 valence electrons. The van der Waals surface area contributed by atoms with Crippen LogP contribution in [0.25, 0.3) is 0 Å². The van der Waals surface area contributed by atoms with Crippen LogP contribution in [0.1, 0.15) is 16.9 Å². The average molecular weight is 325 g/mol. The number of benzene rings is 1. The van der Waals surface area contributed by atoms with E-state index in [0.29, 0.717) is 4.90 Å². The Kier molecular flexibility index (Phi) is 5.86. The molecule has 0 amide bonds. The number of hydrogen-bond acceptors (Lipinski definition) is 5. The maximum atomic E-state index is 12.2. The van der Waals surface area contributed by atoms with Crippen LogP contribution in [0.15, 0.2) is 40.9 Å². The van der Waals surface area contributed by atoms with Crippen LogP contribution in [0.3, 0.4) is 0 Å². The highest BCUT2D eigenvalue weighted by Gasteiger charge is 2.13. The van der Waals surface area contributed by atoms with Crippen molar-refractivity contribution in [1.29, 1.82) is 0 Å². The number of sulfonamides is 1. The molecule has 0 spiro atoms. The lowest BCUT2D eigenvalue weighted by atomic mass is 10.1. The van der Waals surface area contributed by atoms with Crippen molar-refractivity contribution >= 4 is 21.4 Å². The Balaban J connectivity index is 1.96. The normalized spacial score (nSPS) is 11.7. The van der Waals surface area contributed by atoms with E-state index >= 15 is 0 Å². The molecule has 21 heavy (non-hydrogen) atoms. The zero-order valence-electron chi connectivity index (χ0n) is 11.9. The van der Waals surface area contributed by atoms with Gasteiger partial charge in [-0.15, -0.1) is 11.3 Å². The van der Waals surface area contributed by atoms with Crippen LogP contribution < -0.4 is 10.0 Å². The molecule has 2 N–H and O–H groups in total. The summed E-state index contributed by atoms with van der Waals surface area (Å²) in [6.45, 7) is 1.23. The fourth-order valence-electron chi connectivity index (χ4n) is 1.88. The van der Waals surface area contributed by atoms with Crippen LogP contribution in [-0.4, -0.2) is 27.0 Å². The van der Waals surface area contributed by atoms with E-state index in [1.54, 1.807) is 23.8 Å². The first-order chi connectivity index (χ1) is 10.1. The van der Waals surface area contributed by atoms with Crippen molar-refractivity contribution in [1.82, 2.24) is 15.0 Å². The van der Waals surface area contributed by atoms with Gasteiger partial charge in [-0.05, 0) is 44.1 Å². The summed E-state index contributed by atoms with van der Waals surface area (Å²) in [5.74, 6) is 0. The quantitative estimate of drug-likeness (QED) is 0.726. The molecule has 0 saturated heterocycles. The first-order valence-corrected chi connectivity index (χ1v) is 9.08. The summed E-state index contributed by atoms with van der Waals surface area (Å²) in [6.07, 6.45) is 3.64. The summed E-state index contributed by atoms with van der Waals surface area (Å²) in [5, 5.41) is 3.09. The third-order valence-electron chi connectivity index (χ3n) is 3.05. The lowest BCUT2D eigenvalue weighted by molar-refractivity contribution is 0.581. The van der Waals surface area contributed by atoms with Gasteiger partial charge in [0.05, 0.1) is 10.4 Å². The molecule has 0 aliphatic carbocycles. The topological polar surface area (TPSA) is 71.1 Å². The van der Waals surface area contributed by atoms with Crippen LogP contribution >= 0.6 is 11.3 Å². The number of aryl methyl sites for hydroxylation is 1. The highest BCUT2D eigenvalue weighted by atomic mass is 32.2. The van der Waals surface area contributed by atoms with Gasteiger partial charge in [-0.2, -0.15) is 0 Å². The van der Waals surface area contributed by atoms with Gasteiger partial charge in [0.15, 0.2) is 0 Å². The maximum absolute atomic E-state index is 12.2. The first kappa shape index (κ1) is 16.1. The van der Waals surface area contributed by atoms with Gasteiger partial charge in [0, 0.05) is 17.6 Å². The number of hydrogen-bond donors (Lipinski definition) is 2. The van der Waals surface area contributed by atoms with E-state index in [1.165, 1.54) is 11.3 Å². The van der Waals surface area contributed by atoms with E-state index in [4.69, 9.17) is 0 Å². The highest BCUT2D eigenvalue weighted by Crippen LogP contribution is 2.13. The third kappa shape index (κ3) is 4.89. The van der Waals surface area contributed by atoms with Crippen LogP contribution in [0.2, 0.25) is 0 Å². The zero-order valence-corrected chi connectivity index (χ0v) is 13.5. The Labute approximate surface area is 129 Å². The van der Waals surface area contributed by atoms with Gasteiger partial charge in [0.1, 0.15) is 0 Å². The van der Waals surface area contributed by atoms with Crippen molar-refractivity contribution in [2.24, 2.45) is 0 Å². The Morgan fingerprint density at radius 1 is 1.24 bits per heavy atom. The molecule has 1 aromatic carbocycles. The van der Waals surface area contributed by atoms with E-state index in [1.807, 2.05) is 19.2 Å². The van der Waals surface area contributed by atoms with E-state index < -0.39 is 10.0 Å². The Morgan fingerprint density at radius 2 is 2.00 bits per heavy atom. The van der Waals surface area contributed by atoms with Crippen LogP contribution in [0.4, 0.5) is 0 Å². The molecule has 0 aliphatic rings. The van der Waals surface area contributed by atoms with Gasteiger partial charge >= 0.3 is 0 Å². The van der Waals surface area contributed by atoms with Gasteiger partial charge in [-0.25, -0.2) is 13.1 Å². The van der Waals surface area contributed by atoms with Gasteiger partial charge in [-0.1, -0.05) is 12.1 Å². The number of nitrogens with one attached hydrogen (secondary N) is 2. The molecule has 0 radical (unpaired) electrons. The fourth-order valence-corrected chi connectivity index (χ4v) is 3.52. The number of aromatic nitrogens is 1. The van der Waals surface area contributed by atoms with Gasteiger partial charge in [-0.3, -0.25) is 4.98 Å². The highest BCUT2D eigenvalue weighted by molar-refractivity contribution is 7.89. The summed E-state index contributed by atoms with van der Waals surface area (Å²) >= 11 is 1.43. The van der Waals surface area contributed by atoms with E-state index in [0.717, 1.165) is 29.8 Å². The number of rotatable bonds is 8. The Bertz CT molecular complexity index is 637. The second-order valence-corrected chi connectivity index (χ2v) is 7.38. The van der Waals surface area contributed by atoms with Crippen molar-refractivity contribution in [2.75, 3.05) is 13.6 Å². The predicted molar refractivity (Wildman–Crippen MR) is 84.8 cm³/mol. The molecule has 0 unspecified atom stereocenters. The second kappa shape index (κ2) is 7.65. The maximum Gasteiger partial charge on any atom is 0.240 e. The van der Waals surface area contributed by atoms with Crippen molar-refractivity contribution in [2.45, 2.75) is 24.3 Å². The van der Waals surface area contributed by atoms with Crippen LogP contribution in [0.5, 0.6) is 0 Å². The molecule has 2 aromatic rings. The largest absolute Gasteiger partial charge is 0.320 e. The number of nitrogens with zero attached hydrogens (tertiary/aromatic N) is 1. The minimum absolute atomic E-state index is 0.275. The van der Waals surface area contributed by atoms with Gasteiger partial charge in [0.2, 0.25) is 10.0 Å². The second-order valence-electron chi connectivity index (χ2n) is 4.64. The minimum atomic E-state index is -3.46. The summed E-state index contributed by atoms with van der Waals surface area (Å²) in [6, 6.07) is 7.06. The molecule has 0 atom stereocenters. The molecule has 7 heteroatoms. The predicted octanol–water partition coefficient (Wildman–Crippen LogP) is 1.77. The fraction of sp³-hybridized carbons (Fsp3) is 0.357. The van der Waals surface area contributed by atoms with Crippen molar-refractivity contribution < 1.29 is 8.42 Å². The molecular weight excluding hydrogens is 306 g/mol. The molecule has 5 nitrogen and oxygen atoms in total. The lowest BCUT2D eigenvalue weighted by Crippen LogP contribution is -2.22. The summed E-state index contributed by atoms with van der Waals surface area (Å²) in [5.41, 5.74) is 2.83. The van der Waals surface area contributed by atoms with E-state index in [2.05, 4.69) is 15.0 Å². The number of thiazole rings is 1. The SMILES string of the molecule is CNCCCc1ccc(S(=O)(=O)NCc2cncs2)cc1. The molecule has 1 aromatic heterocycles. The smallest absolute Gasteiger partial charge is 0.240 e. The average Bonchev–Trinajstić information content (AvgIpc) is 3.00. The minimum Gasteiger partial charge on any atom is -0.320 e. The third-order valence-corrected chi connectivity index (χ3v) is 5.24. The van der Waals surface area contributed by atoms with Crippen molar-refractivity contribution in [3.63, 3.8) is 0 Å². The Morgan fingerprint density at radius 3 is 2.62 bits per heavy atom. The standard InChI is InChI=1S/C14H19N3O2S2/c1-15-8-2-3-12-4-6-14(7-5-12)21(18,19)17-10-13-9-16-11-20-13/h4-7,9,11,15,17H,2-3,8,10H2,1H3. The first-order valence-electron chi connectivity index (χ1n) is 6.72. The molecule has 2 rings (SSSR count). The monoisotopic (exact) mass is 325 g/mol. The molecule has 0 aliphatic heterocycles. The molecular formula is C14H19N3O2S2. The zero-order chi connectivity index (χ0) is 15.1. The molecule has 1 heterocycles. The van der Waals surface area contributed by atoms with Crippen molar-refractivity contribution in [3.8, 4) is 0 Å². The summed E-state index contributed by atoms with van der Waals surface area (Å²) < 4.78 is 26.9.